The van der Waals surface area contributed by atoms with Crippen LogP contribution in [0.3, 0.4) is 0 Å². The molecule has 1 aromatic heterocycles. The lowest BCUT2D eigenvalue weighted by atomic mass is 9.77. The van der Waals surface area contributed by atoms with Gasteiger partial charge in [0.25, 0.3) is 0 Å². The number of hydrogen-bond donors (Lipinski definition) is 1. The van der Waals surface area contributed by atoms with Crippen molar-refractivity contribution < 1.29 is 19.2 Å². The van der Waals surface area contributed by atoms with Crippen molar-refractivity contribution in [1.29, 1.82) is 0 Å². The number of hydrogen-bond acceptors (Lipinski definition) is 4. The van der Waals surface area contributed by atoms with Crippen LogP contribution in [0.25, 0.3) is 22.2 Å². The molecule has 1 N–H and O–H groups in total. The molecular weight excluding hydrogens is 449 g/mol. The Morgan fingerprint density at radius 2 is 1.78 bits per heavy atom. The predicted octanol–water partition coefficient (Wildman–Crippen LogP) is 5.72. The Labute approximate surface area is 216 Å². The minimum Gasteiger partial charge on any atom is -0.399 e. The van der Waals surface area contributed by atoms with Crippen LogP contribution < -0.4 is 5.46 Å². The van der Waals surface area contributed by atoms with E-state index in [1.165, 1.54) is 27.7 Å². The summed E-state index contributed by atoms with van der Waals surface area (Å²) in [6.45, 7) is 16.4. The van der Waals surface area contributed by atoms with Crippen LogP contribution in [-0.2, 0) is 33.6 Å². The quantitative estimate of drug-likeness (QED) is 0.389. The average molecular weight is 491 g/mol. The Bertz CT molecular complexity index is 1230. The topological polar surface area (TPSA) is 52.9 Å². The summed E-state index contributed by atoms with van der Waals surface area (Å²) in [5.74, 6) is 0. The average Bonchev–Trinajstić information content (AvgIpc) is 3.29. The molecule has 1 aliphatic rings. The molecule has 1 aliphatic heterocycles. The molecule has 0 bridgehead atoms. The zero-order valence-corrected chi connectivity index (χ0v) is 23.3. The molecule has 0 spiro atoms. The molecule has 5 nitrogen and oxygen atoms in total. The highest BCUT2D eigenvalue weighted by atomic mass is 16.7. The smallest absolute Gasteiger partial charge is 0.399 e. The van der Waals surface area contributed by atoms with Crippen LogP contribution in [0.15, 0.2) is 42.5 Å². The van der Waals surface area contributed by atoms with Crippen molar-refractivity contribution in [2.24, 2.45) is 5.41 Å². The molecule has 1 saturated heterocycles. The predicted molar refractivity (Wildman–Crippen MR) is 149 cm³/mol. The van der Waals surface area contributed by atoms with Crippen molar-refractivity contribution in [2.45, 2.75) is 85.7 Å². The fourth-order valence-electron chi connectivity index (χ4n) is 5.41. The van der Waals surface area contributed by atoms with Gasteiger partial charge in [-0.3, -0.25) is 0 Å². The third-order valence-corrected chi connectivity index (χ3v) is 8.15. The number of aliphatic hydroxyl groups is 1. The second-order valence-electron chi connectivity index (χ2n) is 11.6. The van der Waals surface area contributed by atoms with E-state index in [0.717, 1.165) is 30.4 Å². The number of aromatic nitrogens is 1. The Morgan fingerprint density at radius 1 is 1.06 bits per heavy atom. The molecule has 0 aliphatic carbocycles. The first kappa shape index (κ1) is 26.9. The maximum atomic E-state index is 10.2. The van der Waals surface area contributed by atoms with Gasteiger partial charge in [-0.2, -0.15) is 0 Å². The zero-order chi connectivity index (χ0) is 26.3. The number of nitrogens with zero attached hydrogens (tertiary/aromatic N) is 1. The Morgan fingerprint density at radius 3 is 2.39 bits per heavy atom. The number of aryl methyl sites for hydroxylation is 1. The molecule has 6 heteroatoms. The molecule has 1 unspecified atom stereocenters. The van der Waals surface area contributed by atoms with Crippen molar-refractivity contribution >= 4 is 23.5 Å². The van der Waals surface area contributed by atoms with Gasteiger partial charge in [-0.25, -0.2) is 0 Å². The lowest BCUT2D eigenvalue weighted by Gasteiger charge is -2.35. The van der Waals surface area contributed by atoms with Gasteiger partial charge in [-0.05, 0) is 68.6 Å². The Hall–Kier alpha value is -2.12. The van der Waals surface area contributed by atoms with Crippen molar-refractivity contribution in [3.8, 4) is 11.3 Å². The first-order valence-electron chi connectivity index (χ1n) is 13.2. The highest BCUT2D eigenvalue weighted by Crippen LogP contribution is 2.41. The largest absolute Gasteiger partial charge is 0.494 e. The summed E-state index contributed by atoms with van der Waals surface area (Å²) in [5, 5.41) is 11.4. The van der Waals surface area contributed by atoms with Crippen molar-refractivity contribution in [2.75, 3.05) is 13.7 Å². The second kappa shape index (κ2) is 9.98. The minimum atomic E-state index is -0.415. The summed E-state index contributed by atoms with van der Waals surface area (Å²) < 4.78 is 20.9. The van der Waals surface area contributed by atoms with Gasteiger partial charge in [0, 0.05) is 36.7 Å². The summed E-state index contributed by atoms with van der Waals surface area (Å²) in [4.78, 5) is 0. The van der Waals surface area contributed by atoms with Crippen LogP contribution in [0.2, 0.25) is 0 Å². The van der Waals surface area contributed by atoms with E-state index < -0.39 is 7.12 Å². The Kier molecular flexibility index (Phi) is 7.47. The summed E-state index contributed by atoms with van der Waals surface area (Å²) >= 11 is 0. The van der Waals surface area contributed by atoms with Crippen molar-refractivity contribution in [3.05, 3.63) is 53.6 Å². The minimum absolute atomic E-state index is 0.114. The fraction of sp³-hybridized carbons (Fsp3) is 0.533. The molecule has 3 aromatic rings. The number of benzene rings is 2. The van der Waals surface area contributed by atoms with Gasteiger partial charge in [-0.15, -0.1) is 0 Å². The van der Waals surface area contributed by atoms with E-state index in [2.05, 4.69) is 95.5 Å². The zero-order valence-electron chi connectivity index (χ0n) is 23.3. The molecule has 1 atom stereocenters. The van der Waals surface area contributed by atoms with E-state index >= 15 is 0 Å². The lowest BCUT2D eigenvalue weighted by Crippen LogP contribution is -2.44. The van der Waals surface area contributed by atoms with Gasteiger partial charge in [0.2, 0.25) is 0 Å². The van der Waals surface area contributed by atoms with Gasteiger partial charge >= 0.3 is 7.12 Å². The van der Waals surface area contributed by atoms with Crippen LogP contribution in [0.5, 0.6) is 0 Å². The van der Waals surface area contributed by atoms with E-state index in [1.807, 2.05) is 0 Å². The number of rotatable bonds is 9. The van der Waals surface area contributed by atoms with Crippen LogP contribution in [0.1, 0.15) is 66.0 Å². The standard InChI is InChI=1S/C30H42BNO4/c1-9-30(7)29(5,6)35-31(36-30)22-15-16-26-24(17-22)25(18-28(3,4)20-33)27(32(26)10-2)23-14-12-11-13-21(23)19-34-8/h11-17,33H,9-10,18-20H2,1-8H3. The summed E-state index contributed by atoms with van der Waals surface area (Å²) in [7, 11) is 1.32. The lowest BCUT2D eigenvalue weighted by molar-refractivity contribution is -0.0118. The number of fused-ring (bicyclic) bond motifs is 1. The van der Waals surface area contributed by atoms with Crippen LogP contribution >= 0.6 is 0 Å². The number of ether oxygens (including phenoxy) is 1. The molecule has 36 heavy (non-hydrogen) atoms. The highest BCUT2D eigenvalue weighted by Gasteiger charge is 2.53. The summed E-state index contributed by atoms with van der Waals surface area (Å²) in [6.07, 6.45) is 1.62. The Balaban J connectivity index is 1.95. The van der Waals surface area contributed by atoms with E-state index in [0.29, 0.717) is 6.61 Å². The SMILES string of the molecule is CCn1c(-c2ccccc2COC)c(CC(C)(C)CO)c2cc(B3OC(C)(C)C(C)(CC)O3)ccc21. The van der Waals surface area contributed by atoms with Gasteiger partial charge < -0.3 is 23.7 Å². The van der Waals surface area contributed by atoms with Crippen LogP contribution in [-0.4, -0.2) is 41.7 Å². The van der Waals surface area contributed by atoms with E-state index in [-0.39, 0.29) is 23.2 Å². The van der Waals surface area contributed by atoms with Gasteiger partial charge in [0.05, 0.1) is 23.5 Å². The molecule has 0 amide bonds. The van der Waals surface area contributed by atoms with Gasteiger partial charge in [0.1, 0.15) is 0 Å². The van der Waals surface area contributed by atoms with E-state index in [1.54, 1.807) is 7.11 Å². The molecular formula is C30H42BNO4. The third kappa shape index (κ3) is 4.65. The molecule has 0 radical (unpaired) electrons. The first-order chi connectivity index (χ1) is 17.0. The summed E-state index contributed by atoms with van der Waals surface area (Å²) in [6, 6.07) is 15.1. The summed E-state index contributed by atoms with van der Waals surface area (Å²) in [5.41, 5.74) is 5.98. The van der Waals surface area contributed by atoms with Crippen molar-refractivity contribution in [3.63, 3.8) is 0 Å². The maximum Gasteiger partial charge on any atom is 0.494 e. The van der Waals surface area contributed by atoms with E-state index in [4.69, 9.17) is 14.0 Å². The number of methoxy groups -OCH3 is 1. The number of aliphatic hydroxyl groups excluding tert-OH is 1. The monoisotopic (exact) mass is 491 g/mol. The first-order valence-corrected chi connectivity index (χ1v) is 13.2. The normalized spacial score (nSPS) is 20.0. The molecule has 1 fully saturated rings. The maximum absolute atomic E-state index is 10.2. The van der Waals surface area contributed by atoms with Gasteiger partial charge in [0.15, 0.2) is 0 Å². The van der Waals surface area contributed by atoms with Crippen LogP contribution in [0.4, 0.5) is 0 Å². The second-order valence-corrected chi connectivity index (χ2v) is 11.6. The van der Waals surface area contributed by atoms with Gasteiger partial charge in [-0.1, -0.05) is 57.2 Å². The molecule has 0 saturated carbocycles. The molecule has 194 valence electrons. The molecule has 2 heterocycles. The molecule has 2 aromatic carbocycles. The highest BCUT2D eigenvalue weighted by molar-refractivity contribution is 6.62. The van der Waals surface area contributed by atoms with Crippen molar-refractivity contribution in [1.82, 2.24) is 4.57 Å². The third-order valence-electron chi connectivity index (χ3n) is 8.15. The molecule has 4 rings (SSSR count). The fourth-order valence-corrected chi connectivity index (χ4v) is 5.41. The van der Waals surface area contributed by atoms with Crippen LogP contribution in [0, 0.1) is 5.41 Å². The van der Waals surface area contributed by atoms with E-state index in [9.17, 15) is 5.11 Å².